The number of fused-ring (bicyclic) bond motifs is 2. The Labute approximate surface area is 656 Å². The molecule has 3 heterocycles. The van der Waals surface area contributed by atoms with Crippen LogP contribution in [0.5, 0.6) is 5.75 Å². The standard InChI is InChI=1S/C74H91N17O20S2/c1-37(92)62(91-74(111)63(38(2)93)90-72(109)57(34-112)81-39(3)94)73(110)88-55(28-43-31-78-49-16-10-8-14-47(43)49)68(105)82-51(22-24-61(99)100)66(103)89-58(35-113)71(108)85-53(26-41-17-19-45(95)20-18-41)67(104)86-54(27-42-30-77-48-15-9-7-13-46(42)48)69(106)87-56(29-44-32-76-36-80-44)70(107)83-50(21-23-60(97)98)65(102)84-52(64(101)79-33-59(75)96)25-40-11-5-4-6-12-40/h4-20,30-32,36-38,50-58,62-63,77-78,92-93,95,112-113H,21-29,33-35H2,1-3H3,(H2,75,96)(H,76,80)(H,79,101)(H,81,94)(H,82,105)(H,83,107)(H,84,102)(H,85,108)(H,86,104)(H,87,106)(H,88,110)(H,89,103)(H,90,109)(H,91,111)(H,97,98)(H,99,100)/t37-,38-,50+,51+,52+,53+,54+,55+,56+,57+,58+,62+,63+/m1/s1. The molecule has 7 aromatic rings. The lowest BCUT2D eigenvalue weighted by Gasteiger charge is -2.29. The van der Waals surface area contributed by atoms with Crippen molar-refractivity contribution in [2.24, 2.45) is 5.73 Å². The number of aliphatic hydroxyl groups is 2. The second-order valence-electron chi connectivity index (χ2n) is 26.6. The van der Waals surface area contributed by atoms with Gasteiger partial charge in [0.1, 0.15) is 72.2 Å². The zero-order valence-electron chi connectivity index (χ0n) is 61.4. The van der Waals surface area contributed by atoms with Crippen LogP contribution in [0.25, 0.3) is 21.8 Å². The monoisotopic (exact) mass is 1600 g/mol. The maximum atomic E-state index is 15.2. The van der Waals surface area contributed by atoms with Crippen molar-refractivity contribution in [2.75, 3.05) is 18.1 Å². The number of phenolic OH excluding ortho intramolecular Hbond substituents is 1. The van der Waals surface area contributed by atoms with E-state index in [0.717, 1.165) is 20.8 Å². The van der Waals surface area contributed by atoms with E-state index in [0.29, 0.717) is 44.1 Å². The second kappa shape index (κ2) is 42.7. The summed E-state index contributed by atoms with van der Waals surface area (Å²) in [6.07, 6.45) is -2.05. The molecule has 39 heteroatoms. The molecule has 0 bridgehead atoms. The summed E-state index contributed by atoms with van der Waals surface area (Å²) in [5.74, 6) is -17.2. The predicted octanol–water partition coefficient (Wildman–Crippen LogP) is -3.10. The minimum Gasteiger partial charge on any atom is -0.508 e. The number of aliphatic hydroxyl groups excluding tert-OH is 2. The van der Waals surface area contributed by atoms with Crippen molar-refractivity contribution >= 4 is 136 Å². The number of nitrogens with zero attached hydrogens (tertiary/aromatic N) is 1. The summed E-state index contributed by atoms with van der Waals surface area (Å²) in [4.78, 5) is 219. The maximum absolute atomic E-state index is 15.2. The number of aromatic amines is 3. The molecule has 22 N–H and O–H groups in total. The van der Waals surface area contributed by atoms with Gasteiger partial charge in [-0.1, -0.05) is 78.9 Å². The van der Waals surface area contributed by atoms with Gasteiger partial charge >= 0.3 is 11.9 Å². The fourth-order valence-electron chi connectivity index (χ4n) is 11.9. The van der Waals surface area contributed by atoms with Gasteiger partial charge in [-0.15, -0.1) is 0 Å². The second-order valence-corrected chi connectivity index (χ2v) is 27.3. The van der Waals surface area contributed by atoms with Crippen LogP contribution in [0.2, 0.25) is 0 Å². The molecular formula is C74H91N17O20S2. The van der Waals surface area contributed by atoms with Crippen LogP contribution in [0.15, 0.2) is 128 Å². The van der Waals surface area contributed by atoms with Crippen LogP contribution >= 0.6 is 25.3 Å². The van der Waals surface area contributed by atoms with E-state index in [-0.39, 0.29) is 42.9 Å². The van der Waals surface area contributed by atoms with Crippen LogP contribution in [0.3, 0.4) is 0 Å². The number of rotatable bonds is 44. The minimum atomic E-state index is -1.93. The molecule has 0 saturated heterocycles. The summed E-state index contributed by atoms with van der Waals surface area (Å²) in [5.41, 5.74) is 8.44. The number of aromatic hydroxyl groups is 1. The number of nitrogens with two attached hydrogens (primary N) is 1. The SMILES string of the molecule is CC(=O)N[C@@H](CS)C(=O)N[C@H](C(=O)N[C@H](C(=O)N[C@@H](Cc1c[nH]c2ccccc12)C(=O)N[C@@H](CCC(=O)O)C(=O)N[C@@H](CS)C(=O)N[C@@H](Cc1ccc(O)cc1)C(=O)N[C@@H](Cc1c[nH]c2ccccc12)C(=O)N[C@@H](Cc1cnc[nH]1)C(=O)N[C@@H](CCC(=O)O)C(=O)N[C@@H](Cc1ccccc1)C(=O)NCC(N)=O)[C@@H](C)O)[C@@H](C)O. The Kier molecular flexibility index (Phi) is 33.2. The average Bonchev–Trinajstić information content (AvgIpc) is 1.50. The fraction of sp³-hybridized carbons (Fsp3) is 0.378. The molecule has 13 atom stereocenters. The first-order chi connectivity index (χ1) is 53.8. The van der Waals surface area contributed by atoms with E-state index in [2.05, 4.69) is 109 Å². The van der Waals surface area contributed by atoms with E-state index in [1.54, 1.807) is 85.1 Å². The Hall–Kier alpha value is -12.4. The minimum absolute atomic E-state index is 0.143. The lowest BCUT2D eigenvalue weighted by Crippen LogP contribution is -2.63. The number of para-hydroxylation sites is 2. The Morgan fingerprint density at radius 2 is 0.788 bits per heavy atom. The topological polar surface area (TPSA) is 588 Å². The predicted molar refractivity (Wildman–Crippen MR) is 412 cm³/mol. The van der Waals surface area contributed by atoms with E-state index >= 15 is 9.59 Å². The first kappa shape index (κ1) is 87.9. The molecule has 0 aliphatic rings. The van der Waals surface area contributed by atoms with Gasteiger partial charge in [-0.3, -0.25) is 71.9 Å². The highest BCUT2D eigenvalue weighted by molar-refractivity contribution is 7.80. The summed E-state index contributed by atoms with van der Waals surface area (Å²) < 4.78 is 0. The fourth-order valence-corrected chi connectivity index (χ4v) is 12.4. The number of carboxylic acids is 2. The number of aliphatic carboxylic acids is 2. The number of benzene rings is 4. The lowest BCUT2D eigenvalue weighted by molar-refractivity contribution is -0.139. The number of primary amides is 1. The van der Waals surface area contributed by atoms with Crippen LogP contribution < -0.4 is 69.5 Å². The number of carboxylic acid groups (broad SMARTS) is 2. The van der Waals surface area contributed by atoms with Crippen LogP contribution in [-0.4, -0.2) is 231 Å². The number of carbonyl (C=O) groups is 15. The molecule has 4 aromatic carbocycles. The van der Waals surface area contributed by atoms with E-state index in [4.69, 9.17) is 5.73 Å². The summed E-state index contributed by atoms with van der Waals surface area (Å²) >= 11 is 8.41. The molecule has 604 valence electrons. The van der Waals surface area contributed by atoms with Gasteiger partial charge in [0.05, 0.1) is 25.1 Å². The highest BCUT2D eigenvalue weighted by Crippen LogP contribution is 2.23. The van der Waals surface area contributed by atoms with Crippen LogP contribution in [-0.2, 0) is 104 Å². The first-order valence-electron chi connectivity index (χ1n) is 35.6. The van der Waals surface area contributed by atoms with Crippen molar-refractivity contribution in [2.45, 2.75) is 157 Å². The van der Waals surface area contributed by atoms with Gasteiger partial charge in [-0.25, -0.2) is 4.98 Å². The zero-order valence-corrected chi connectivity index (χ0v) is 63.2. The lowest BCUT2D eigenvalue weighted by atomic mass is 10.0. The molecule has 113 heavy (non-hydrogen) atoms. The molecule has 13 amide bonds. The number of hydrogen-bond donors (Lipinski definition) is 23. The van der Waals surface area contributed by atoms with Crippen molar-refractivity contribution in [1.82, 2.24) is 83.7 Å². The van der Waals surface area contributed by atoms with Gasteiger partial charge in [0, 0.05) is 109 Å². The van der Waals surface area contributed by atoms with E-state index in [1.807, 2.05) is 0 Å². The van der Waals surface area contributed by atoms with Crippen molar-refractivity contribution in [1.29, 1.82) is 0 Å². The summed E-state index contributed by atoms with van der Waals surface area (Å²) in [7, 11) is 0. The largest absolute Gasteiger partial charge is 0.508 e. The highest BCUT2D eigenvalue weighted by Gasteiger charge is 2.39. The van der Waals surface area contributed by atoms with Gasteiger partial charge in [0.15, 0.2) is 0 Å². The molecule has 0 saturated carbocycles. The molecule has 0 unspecified atom stereocenters. The Bertz CT molecular complexity index is 4520. The number of aromatic nitrogens is 4. The van der Waals surface area contributed by atoms with Crippen molar-refractivity contribution in [3.05, 3.63) is 156 Å². The number of amides is 13. The average molecular weight is 1600 g/mol. The van der Waals surface area contributed by atoms with Gasteiger partial charge in [0.25, 0.3) is 0 Å². The van der Waals surface area contributed by atoms with Gasteiger partial charge in [-0.2, -0.15) is 25.3 Å². The molecular weight excluding hydrogens is 1510 g/mol. The maximum Gasteiger partial charge on any atom is 0.303 e. The Morgan fingerprint density at radius 1 is 0.425 bits per heavy atom. The van der Waals surface area contributed by atoms with Gasteiger partial charge in [-0.05, 0) is 73.2 Å². The molecule has 7 rings (SSSR count). The molecule has 0 aliphatic heterocycles. The van der Waals surface area contributed by atoms with E-state index < -0.39 is 212 Å². The Morgan fingerprint density at radius 3 is 1.22 bits per heavy atom. The number of nitrogens with one attached hydrogen (secondary N) is 15. The highest BCUT2D eigenvalue weighted by atomic mass is 32.1. The number of H-pyrrole nitrogens is 3. The summed E-state index contributed by atoms with van der Waals surface area (Å²) in [6.45, 7) is 2.75. The van der Waals surface area contributed by atoms with Crippen LogP contribution in [0.4, 0.5) is 0 Å². The molecule has 37 nitrogen and oxygen atoms in total. The molecule has 0 radical (unpaired) electrons. The van der Waals surface area contributed by atoms with E-state index in [1.165, 1.54) is 43.0 Å². The normalized spacial score (nSPS) is 14.6. The molecule has 0 spiro atoms. The summed E-state index contributed by atoms with van der Waals surface area (Å²) in [6, 6.07) is 8.91. The van der Waals surface area contributed by atoms with Crippen molar-refractivity contribution < 1.29 is 97.5 Å². The molecule has 0 aliphatic carbocycles. The summed E-state index contributed by atoms with van der Waals surface area (Å²) in [5, 5.41) is 82.4. The quantitative estimate of drug-likeness (QED) is 0.0168. The van der Waals surface area contributed by atoms with E-state index in [9.17, 15) is 87.9 Å². The third kappa shape index (κ3) is 27.0. The number of hydrogen-bond acceptors (Lipinski definition) is 21. The molecule has 0 fully saturated rings. The van der Waals surface area contributed by atoms with Crippen LogP contribution in [0.1, 0.15) is 74.4 Å². The van der Waals surface area contributed by atoms with Gasteiger partial charge in [0.2, 0.25) is 76.8 Å². The molecule has 3 aromatic heterocycles. The number of thiol groups is 2. The number of imidazole rings is 1. The first-order valence-corrected chi connectivity index (χ1v) is 36.8. The van der Waals surface area contributed by atoms with Crippen molar-refractivity contribution in [3.8, 4) is 5.75 Å². The third-order valence-electron chi connectivity index (χ3n) is 17.8. The Balaban J connectivity index is 1.16. The number of carbonyl (C=O) groups excluding carboxylic acids is 13. The zero-order chi connectivity index (χ0) is 82.6. The number of phenols is 1. The van der Waals surface area contributed by atoms with Crippen LogP contribution in [0, 0.1) is 0 Å². The smallest absolute Gasteiger partial charge is 0.303 e. The third-order valence-corrected chi connectivity index (χ3v) is 18.5. The van der Waals surface area contributed by atoms with Gasteiger partial charge < -0.3 is 110 Å². The van der Waals surface area contributed by atoms with Crippen molar-refractivity contribution in [3.63, 3.8) is 0 Å².